The van der Waals surface area contributed by atoms with E-state index in [1.165, 1.54) is 0 Å². The van der Waals surface area contributed by atoms with Crippen LogP contribution in [0.1, 0.15) is 46.0 Å². The second kappa shape index (κ2) is 6.97. The third-order valence-corrected chi connectivity index (χ3v) is 3.53. The zero-order valence-electron chi connectivity index (χ0n) is 11.0. The van der Waals surface area contributed by atoms with Gasteiger partial charge in [0.1, 0.15) is 0 Å². The Morgan fingerprint density at radius 1 is 1.41 bits per heavy atom. The Morgan fingerprint density at radius 3 is 2.65 bits per heavy atom. The molecule has 4 nitrogen and oxygen atoms in total. The SMILES string of the molecule is CC(C)CC(N)C(=O)NC1CCCCC1CO. The first-order valence-electron chi connectivity index (χ1n) is 6.71. The third-order valence-electron chi connectivity index (χ3n) is 3.53. The molecule has 4 heteroatoms. The molecule has 0 bridgehead atoms. The average Bonchev–Trinajstić information content (AvgIpc) is 2.28. The molecule has 0 aromatic carbocycles. The number of hydrogen-bond acceptors (Lipinski definition) is 3. The van der Waals surface area contributed by atoms with Crippen LogP contribution in [0.2, 0.25) is 0 Å². The molecular weight excluding hydrogens is 216 g/mol. The molecule has 1 amide bonds. The molecule has 0 saturated heterocycles. The number of aliphatic hydroxyl groups excluding tert-OH is 1. The summed E-state index contributed by atoms with van der Waals surface area (Å²) in [5, 5.41) is 12.3. The third kappa shape index (κ3) is 4.64. The van der Waals surface area contributed by atoms with Gasteiger partial charge in [-0.05, 0) is 25.2 Å². The fourth-order valence-electron chi connectivity index (χ4n) is 2.52. The highest BCUT2D eigenvalue weighted by molar-refractivity contribution is 5.81. The summed E-state index contributed by atoms with van der Waals surface area (Å²) in [7, 11) is 0. The number of nitrogens with two attached hydrogens (primary N) is 1. The maximum absolute atomic E-state index is 11.9. The molecule has 1 rings (SSSR count). The fourth-order valence-corrected chi connectivity index (χ4v) is 2.52. The summed E-state index contributed by atoms with van der Waals surface area (Å²) in [6, 6.07) is -0.310. The first-order chi connectivity index (χ1) is 8.04. The van der Waals surface area contributed by atoms with Crippen molar-refractivity contribution < 1.29 is 9.90 Å². The molecule has 1 aliphatic carbocycles. The number of nitrogens with one attached hydrogen (secondary N) is 1. The van der Waals surface area contributed by atoms with E-state index in [4.69, 9.17) is 5.73 Å². The maximum Gasteiger partial charge on any atom is 0.237 e. The molecule has 1 aliphatic rings. The largest absolute Gasteiger partial charge is 0.396 e. The van der Waals surface area contributed by atoms with Crippen LogP contribution in [0.15, 0.2) is 0 Å². The van der Waals surface area contributed by atoms with Gasteiger partial charge in [-0.3, -0.25) is 4.79 Å². The number of amides is 1. The minimum Gasteiger partial charge on any atom is -0.396 e. The molecule has 1 saturated carbocycles. The van der Waals surface area contributed by atoms with Gasteiger partial charge in [0.05, 0.1) is 6.04 Å². The summed E-state index contributed by atoms with van der Waals surface area (Å²) in [5.74, 6) is 0.568. The summed E-state index contributed by atoms with van der Waals surface area (Å²) in [4.78, 5) is 11.9. The molecule has 0 aliphatic heterocycles. The monoisotopic (exact) mass is 242 g/mol. The van der Waals surface area contributed by atoms with Crippen molar-refractivity contribution in [2.24, 2.45) is 17.6 Å². The van der Waals surface area contributed by atoms with E-state index in [0.717, 1.165) is 25.7 Å². The van der Waals surface area contributed by atoms with Crippen molar-refractivity contribution in [2.75, 3.05) is 6.61 Å². The second-order valence-corrected chi connectivity index (χ2v) is 5.58. The maximum atomic E-state index is 11.9. The summed E-state index contributed by atoms with van der Waals surface area (Å²) in [6.07, 6.45) is 4.95. The highest BCUT2D eigenvalue weighted by Crippen LogP contribution is 2.24. The van der Waals surface area contributed by atoms with Crippen molar-refractivity contribution in [1.82, 2.24) is 5.32 Å². The summed E-state index contributed by atoms with van der Waals surface area (Å²) < 4.78 is 0. The number of rotatable bonds is 5. The average molecular weight is 242 g/mol. The number of carbonyl (C=O) groups is 1. The summed E-state index contributed by atoms with van der Waals surface area (Å²) in [6.45, 7) is 4.28. The predicted octanol–water partition coefficient (Wildman–Crippen LogP) is 1.03. The highest BCUT2D eigenvalue weighted by Gasteiger charge is 2.27. The van der Waals surface area contributed by atoms with Crippen LogP contribution in [-0.2, 0) is 4.79 Å². The smallest absolute Gasteiger partial charge is 0.237 e. The van der Waals surface area contributed by atoms with Crippen LogP contribution >= 0.6 is 0 Å². The van der Waals surface area contributed by atoms with E-state index in [-0.39, 0.29) is 24.5 Å². The lowest BCUT2D eigenvalue weighted by molar-refractivity contribution is -0.124. The van der Waals surface area contributed by atoms with Crippen LogP contribution < -0.4 is 11.1 Å². The molecule has 3 unspecified atom stereocenters. The normalized spacial score (nSPS) is 26.9. The highest BCUT2D eigenvalue weighted by atomic mass is 16.3. The Morgan fingerprint density at radius 2 is 2.06 bits per heavy atom. The first-order valence-corrected chi connectivity index (χ1v) is 6.71. The lowest BCUT2D eigenvalue weighted by Gasteiger charge is -2.31. The lowest BCUT2D eigenvalue weighted by Crippen LogP contribution is -2.50. The van der Waals surface area contributed by atoms with Gasteiger partial charge in [-0.15, -0.1) is 0 Å². The Bertz CT molecular complexity index is 244. The van der Waals surface area contributed by atoms with Gasteiger partial charge in [0.25, 0.3) is 0 Å². The standard InChI is InChI=1S/C13H26N2O2/c1-9(2)7-11(14)13(17)15-12-6-4-3-5-10(12)8-16/h9-12,16H,3-8,14H2,1-2H3,(H,15,17). The Balaban J connectivity index is 2.43. The topological polar surface area (TPSA) is 75.4 Å². The van der Waals surface area contributed by atoms with Gasteiger partial charge in [-0.1, -0.05) is 26.7 Å². The van der Waals surface area contributed by atoms with Gasteiger partial charge >= 0.3 is 0 Å². The van der Waals surface area contributed by atoms with Gasteiger partial charge in [0.15, 0.2) is 0 Å². The molecule has 1 fully saturated rings. The van der Waals surface area contributed by atoms with Crippen molar-refractivity contribution in [1.29, 1.82) is 0 Å². The van der Waals surface area contributed by atoms with E-state index in [9.17, 15) is 9.90 Å². The molecule has 4 N–H and O–H groups in total. The van der Waals surface area contributed by atoms with E-state index in [2.05, 4.69) is 19.2 Å². The van der Waals surface area contributed by atoms with Gasteiger partial charge in [-0.2, -0.15) is 0 Å². The van der Waals surface area contributed by atoms with Crippen LogP contribution in [-0.4, -0.2) is 29.7 Å². The van der Waals surface area contributed by atoms with E-state index in [1.807, 2.05) is 0 Å². The molecular formula is C13H26N2O2. The summed E-state index contributed by atoms with van der Waals surface area (Å²) >= 11 is 0. The quantitative estimate of drug-likeness (QED) is 0.674. The van der Waals surface area contributed by atoms with E-state index in [0.29, 0.717) is 12.3 Å². The van der Waals surface area contributed by atoms with Gasteiger partial charge in [-0.25, -0.2) is 0 Å². The van der Waals surface area contributed by atoms with Gasteiger partial charge in [0.2, 0.25) is 5.91 Å². The number of hydrogen-bond donors (Lipinski definition) is 3. The van der Waals surface area contributed by atoms with Crippen LogP contribution in [0.3, 0.4) is 0 Å². The molecule has 0 spiro atoms. The zero-order valence-corrected chi connectivity index (χ0v) is 11.0. The van der Waals surface area contributed by atoms with Crippen molar-refractivity contribution in [3.63, 3.8) is 0 Å². The van der Waals surface area contributed by atoms with Gasteiger partial charge in [0, 0.05) is 18.6 Å². The van der Waals surface area contributed by atoms with Crippen molar-refractivity contribution in [2.45, 2.75) is 58.0 Å². The molecule has 17 heavy (non-hydrogen) atoms. The fraction of sp³-hybridized carbons (Fsp3) is 0.923. The van der Waals surface area contributed by atoms with Crippen LogP contribution in [0, 0.1) is 11.8 Å². The first kappa shape index (κ1) is 14.5. The van der Waals surface area contributed by atoms with Gasteiger partial charge < -0.3 is 16.2 Å². The molecule has 0 heterocycles. The zero-order chi connectivity index (χ0) is 12.8. The lowest BCUT2D eigenvalue weighted by atomic mass is 9.85. The summed E-state index contributed by atoms with van der Waals surface area (Å²) in [5.41, 5.74) is 5.85. The van der Waals surface area contributed by atoms with Crippen LogP contribution in [0.25, 0.3) is 0 Å². The Labute approximate surface area is 104 Å². The Kier molecular flexibility index (Phi) is 5.92. The van der Waals surface area contributed by atoms with E-state index in [1.54, 1.807) is 0 Å². The molecule has 3 atom stereocenters. The molecule has 0 radical (unpaired) electrons. The molecule has 100 valence electrons. The van der Waals surface area contributed by atoms with Crippen LogP contribution in [0.4, 0.5) is 0 Å². The minimum atomic E-state index is -0.420. The minimum absolute atomic E-state index is 0.0657. The predicted molar refractivity (Wildman–Crippen MR) is 68.4 cm³/mol. The van der Waals surface area contributed by atoms with E-state index >= 15 is 0 Å². The molecule has 0 aromatic rings. The van der Waals surface area contributed by atoms with Crippen molar-refractivity contribution in [3.8, 4) is 0 Å². The second-order valence-electron chi connectivity index (χ2n) is 5.58. The van der Waals surface area contributed by atoms with E-state index < -0.39 is 6.04 Å². The number of aliphatic hydroxyl groups is 1. The van der Waals surface area contributed by atoms with Crippen LogP contribution in [0.5, 0.6) is 0 Å². The van der Waals surface area contributed by atoms with Crippen molar-refractivity contribution >= 4 is 5.91 Å². The Hall–Kier alpha value is -0.610. The molecule has 0 aromatic heterocycles. The number of carbonyl (C=O) groups excluding carboxylic acids is 1. The van der Waals surface area contributed by atoms with Crippen molar-refractivity contribution in [3.05, 3.63) is 0 Å².